The Morgan fingerprint density at radius 1 is 1.17 bits per heavy atom. The summed E-state index contributed by atoms with van der Waals surface area (Å²) in [6.45, 7) is 12.2. The first kappa shape index (κ1) is 17.1. The fourth-order valence-electron chi connectivity index (χ4n) is 3.24. The fourth-order valence-corrected chi connectivity index (χ4v) is 4.06. The monoisotopic (exact) mass is 357 g/mol. The molecule has 1 aliphatic rings. The molecule has 1 aliphatic carbocycles. The Labute approximate surface area is 154 Å². The van der Waals surface area contributed by atoms with E-state index >= 15 is 0 Å². The van der Waals surface area contributed by atoms with Crippen LogP contribution in [0.15, 0.2) is 55.3 Å². The maximum Gasteiger partial charge on any atom is 0.0500 e. The van der Waals surface area contributed by atoms with Crippen LogP contribution in [0.2, 0.25) is 5.02 Å². The Balaban J connectivity index is 1.75. The number of benzene rings is 2. The number of hydrogen-bond donors (Lipinski definition) is 1. The van der Waals surface area contributed by atoms with Crippen LogP contribution in [0.25, 0.3) is 6.08 Å². The van der Waals surface area contributed by atoms with Crippen molar-refractivity contribution in [2.45, 2.75) is 25.1 Å². The van der Waals surface area contributed by atoms with E-state index in [0.717, 1.165) is 27.5 Å². The topological polar surface area (TPSA) is 12.0 Å². The molecule has 3 atom stereocenters. The number of halogens is 2. The number of nitrogens with one attached hydrogen (secondary N) is 1. The minimum absolute atomic E-state index is 0.0483. The van der Waals surface area contributed by atoms with Gasteiger partial charge in [-0.25, -0.2) is 0 Å². The number of rotatable bonds is 5. The third kappa shape index (κ3) is 3.38. The summed E-state index contributed by atoms with van der Waals surface area (Å²) in [5.74, 6) is 0.464. The quantitative estimate of drug-likeness (QED) is 0.598. The molecule has 2 aromatic carbocycles. The van der Waals surface area contributed by atoms with E-state index in [1.807, 2.05) is 25.1 Å². The maximum atomic E-state index is 6.54. The molecule has 0 aliphatic heterocycles. The van der Waals surface area contributed by atoms with Crippen LogP contribution in [-0.4, -0.2) is 5.38 Å². The highest BCUT2D eigenvalue weighted by Crippen LogP contribution is 2.55. The van der Waals surface area contributed by atoms with Crippen LogP contribution in [0, 0.1) is 19.8 Å². The van der Waals surface area contributed by atoms with Gasteiger partial charge in [-0.2, -0.15) is 0 Å². The molecule has 24 heavy (non-hydrogen) atoms. The van der Waals surface area contributed by atoms with E-state index in [1.54, 1.807) is 0 Å². The van der Waals surface area contributed by atoms with Gasteiger partial charge in [-0.05, 0) is 60.4 Å². The van der Waals surface area contributed by atoms with Crippen LogP contribution in [-0.2, 0) is 0 Å². The molecule has 0 radical (unpaired) electrons. The van der Waals surface area contributed by atoms with Gasteiger partial charge < -0.3 is 5.32 Å². The van der Waals surface area contributed by atoms with Crippen molar-refractivity contribution in [3.8, 4) is 0 Å². The first-order chi connectivity index (χ1) is 11.4. The van der Waals surface area contributed by atoms with Gasteiger partial charge in [0.05, 0.1) is 5.38 Å². The first-order valence-corrected chi connectivity index (χ1v) is 8.82. The van der Waals surface area contributed by atoms with Crippen molar-refractivity contribution in [2.24, 2.45) is 5.92 Å². The van der Waals surface area contributed by atoms with Crippen LogP contribution in [0.1, 0.15) is 28.2 Å². The molecule has 0 heterocycles. The molecule has 0 aromatic heterocycles. The minimum Gasteiger partial charge on any atom is -0.359 e. The van der Waals surface area contributed by atoms with E-state index in [-0.39, 0.29) is 17.2 Å². The second kappa shape index (κ2) is 6.66. The highest BCUT2D eigenvalue weighted by atomic mass is 35.5. The molecule has 1 nitrogen and oxygen atoms in total. The molecule has 1 N–H and O–H groups in total. The molecule has 0 spiro atoms. The van der Waals surface area contributed by atoms with Crippen molar-refractivity contribution < 1.29 is 0 Å². The zero-order valence-corrected chi connectivity index (χ0v) is 15.5. The van der Waals surface area contributed by atoms with E-state index in [2.05, 4.69) is 49.7 Å². The van der Waals surface area contributed by atoms with E-state index in [0.29, 0.717) is 0 Å². The van der Waals surface area contributed by atoms with Gasteiger partial charge in [0.15, 0.2) is 0 Å². The molecule has 3 rings (SSSR count). The van der Waals surface area contributed by atoms with Crippen molar-refractivity contribution in [3.63, 3.8) is 0 Å². The van der Waals surface area contributed by atoms with Gasteiger partial charge >= 0.3 is 0 Å². The maximum absolute atomic E-state index is 6.54. The van der Waals surface area contributed by atoms with Crippen LogP contribution >= 0.6 is 23.2 Å². The summed E-state index contributed by atoms with van der Waals surface area (Å²) in [6.07, 6.45) is 1.86. The average molecular weight is 358 g/mol. The summed E-state index contributed by atoms with van der Waals surface area (Å²) in [7, 11) is 0. The molecule has 3 heteroatoms. The molecule has 2 aromatic rings. The summed E-state index contributed by atoms with van der Waals surface area (Å²) in [5.41, 5.74) is 6.61. The summed E-state index contributed by atoms with van der Waals surface area (Å²) in [5, 5.41) is 4.21. The molecular formula is C21H21Cl2N. The fraction of sp³-hybridized carbons (Fsp3) is 0.238. The Morgan fingerprint density at radius 3 is 2.58 bits per heavy atom. The third-order valence-electron chi connectivity index (χ3n) is 4.59. The third-order valence-corrected chi connectivity index (χ3v) is 5.35. The number of aryl methyl sites for hydroxylation is 2. The Kier molecular flexibility index (Phi) is 4.76. The van der Waals surface area contributed by atoms with E-state index in [9.17, 15) is 0 Å². The van der Waals surface area contributed by atoms with Gasteiger partial charge in [-0.1, -0.05) is 43.0 Å². The van der Waals surface area contributed by atoms with Gasteiger partial charge in [0.1, 0.15) is 0 Å². The Bertz CT molecular complexity index is 789. The summed E-state index contributed by atoms with van der Waals surface area (Å²) < 4.78 is 0. The van der Waals surface area contributed by atoms with Crippen molar-refractivity contribution in [1.29, 1.82) is 0 Å². The molecule has 3 unspecified atom stereocenters. The van der Waals surface area contributed by atoms with Crippen LogP contribution < -0.4 is 5.32 Å². The second-order valence-corrected chi connectivity index (χ2v) is 7.42. The zero-order valence-electron chi connectivity index (χ0n) is 13.9. The molecule has 0 bridgehead atoms. The van der Waals surface area contributed by atoms with E-state index in [1.165, 1.54) is 11.1 Å². The van der Waals surface area contributed by atoms with Gasteiger partial charge in [-0.15, -0.1) is 11.6 Å². The predicted octanol–water partition coefficient (Wildman–Crippen LogP) is 6.55. The van der Waals surface area contributed by atoms with Gasteiger partial charge in [0.25, 0.3) is 0 Å². The molecule has 1 fully saturated rings. The van der Waals surface area contributed by atoms with Gasteiger partial charge in [0.2, 0.25) is 0 Å². The van der Waals surface area contributed by atoms with Gasteiger partial charge in [0, 0.05) is 28.2 Å². The van der Waals surface area contributed by atoms with E-state index < -0.39 is 0 Å². The van der Waals surface area contributed by atoms with Crippen LogP contribution in [0.5, 0.6) is 0 Å². The largest absolute Gasteiger partial charge is 0.359 e. The SMILES string of the molecule is C=Cc1cc(NC(=C)C2C(Cl)C2c2cc(C)cc(Cl)c2)ccc1C. The Hall–Kier alpha value is -1.70. The number of alkyl halides is 1. The minimum atomic E-state index is 0.0483. The molecule has 1 saturated carbocycles. The number of anilines is 1. The summed E-state index contributed by atoms with van der Waals surface area (Å²) in [6, 6.07) is 12.3. The zero-order chi connectivity index (χ0) is 17.4. The normalized spacial score (nSPS) is 22.1. The smallest absolute Gasteiger partial charge is 0.0500 e. The number of allylic oxidation sites excluding steroid dienone is 1. The lowest BCUT2D eigenvalue weighted by Gasteiger charge is -2.12. The lowest BCUT2D eigenvalue weighted by molar-refractivity contribution is 0.948. The lowest BCUT2D eigenvalue weighted by atomic mass is 10.1. The molecule has 0 amide bonds. The van der Waals surface area contributed by atoms with Crippen LogP contribution in [0.3, 0.4) is 0 Å². The summed E-state index contributed by atoms with van der Waals surface area (Å²) in [4.78, 5) is 0. The number of hydrogen-bond acceptors (Lipinski definition) is 1. The van der Waals surface area contributed by atoms with Gasteiger partial charge in [-0.3, -0.25) is 0 Å². The average Bonchev–Trinajstić information content (AvgIpc) is 3.19. The summed E-state index contributed by atoms with van der Waals surface area (Å²) >= 11 is 12.7. The lowest BCUT2D eigenvalue weighted by Crippen LogP contribution is -2.02. The molecule has 124 valence electrons. The van der Waals surface area contributed by atoms with Crippen molar-refractivity contribution in [2.75, 3.05) is 5.32 Å². The first-order valence-electron chi connectivity index (χ1n) is 8.01. The van der Waals surface area contributed by atoms with Crippen molar-refractivity contribution in [3.05, 3.63) is 82.5 Å². The standard InChI is InChI=1S/C21H21Cl2N/c1-5-15-11-18(7-6-13(15)3)24-14(4)19-20(21(19)23)16-8-12(2)9-17(22)10-16/h5-11,19-21,24H,1,4H2,2-3H3. The van der Waals surface area contributed by atoms with Crippen molar-refractivity contribution in [1.82, 2.24) is 0 Å². The second-order valence-electron chi connectivity index (χ2n) is 6.48. The molecule has 0 saturated heterocycles. The highest BCUT2D eigenvalue weighted by molar-refractivity contribution is 6.30. The van der Waals surface area contributed by atoms with E-state index in [4.69, 9.17) is 23.2 Å². The Morgan fingerprint density at radius 2 is 1.92 bits per heavy atom. The highest BCUT2D eigenvalue weighted by Gasteiger charge is 2.51. The molecular weight excluding hydrogens is 337 g/mol. The van der Waals surface area contributed by atoms with Crippen LogP contribution in [0.4, 0.5) is 5.69 Å². The van der Waals surface area contributed by atoms with Crippen molar-refractivity contribution >= 4 is 35.0 Å². The predicted molar refractivity (Wildman–Crippen MR) is 106 cm³/mol.